The number of methoxy groups -OCH3 is 1. The van der Waals surface area contributed by atoms with E-state index in [4.69, 9.17) is 10.00 Å². The Bertz CT molecular complexity index is 924. The molecule has 5 nitrogen and oxygen atoms in total. The Labute approximate surface area is 153 Å². The Hall–Kier alpha value is -2.60. The maximum Gasteiger partial charge on any atom is 0.152 e. The fraction of sp³-hybridized carbons (Fsp3) is 0.429. The second-order valence-corrected chi connectivity index (χ2v) is 7.06. The van der Waals surface area contributed by atoms with E-state index in [-0.39, 0.29) is 12.0 Å². The lowest BCUT2D eigenvalue weighted by atomic mass is 9.73. The van der Waals surface area contributed by atoms with Gasteiger partial charge in [0.1, 0.15) is 5.75 Å². The lowest BCUT2D eigenvalue weighted by Crippen LogP contribution is -2.55. The van der Waals surface area contributed by atoms with Gasteiger partial charge in [-0.25, -0.2) is 0 Å². The molecule has 0 radical (unpaired) electrons. The molecule has 1 unspecified atom stereocenters. The van der Waals surface area contributed by atoms with Gasteiger partial charge in [0.25, 0.3) is 0 Å². The Balaban J connectivity index is 1.64. The Morgan fingerprint density at radius 3 is 3.00 bits per heavy atom. The number of benzene rings is 1. The van der Waals surface area contributed by atoms with Crippen LogP contribution < -0.4 is 4.74 Å². The molecule has 5 heteroatoms. The quantitative estimate of drug-likeness (QED) is 0.864. The standard InChI is InChI=1S/C21H21N3O2/c1-26-16-4-5-19-18(12-16)17(6-9-23-19)21(25)20-11-14-7-10-24(20)13-15(14)3-2-8-22/h4-6,9,12,14-15,20-21,25H,7,10-11,13H2,1H3/t14-,15-,20+,21-/m0/s1. The van der Waals surface area contributed by atoms with Crippen molar-refractivity contribution >= 4 is 10.9 Å². The zero-order valence-corrected chi connectivity index (χ0v) is 14.7. The normalized spacial score (nSPS) is 28.0. The zero-order valence-electron chi connectivity index (χ0n) is 14.7. The van der Waals surface area contributed by atoms with Crippen molar-refractivity contribution < 1.29 is 9.84 Å². The van der Waals surface area contributed by atoms with Crippen LogP contribution in [0.4, 0.5) is 0 Å². The molecule has 2 bridgehead atoms. The van der Waals surface area contributed by atoms with E-state index in [9.17, 15) is 5.11 Å². The summed E-state index contributed by atoms with van der Waals surface area (Å²) in [5.74, 6) is 7.09. The number of aromatic nitrogens is 1. The Kier molecular flexibility index (Phi) is 4.51. The molecule has 5 atom stereocenters. The second-order valence-electron chi connectivity index (χ2n) is 7.06. The molecule has 2 aromatic rings. The minimum absolute atomic E-state index is 0.0747. The van der Waals surface area contributed by atoms with E-state index in [1.54, 1.807) is 13.3 Å². The number of hydrogen-bond donors (Lipinski definition) is 1. The number of pyridine rings is 1. The lowest BCUT2D eigenvalue weighted by molar-refractivity contribution is -0.0425. The van der Waals surface area contributed by atoms with E-state index in [1.807, 2.05) is 30.3 Å². The summed E-state index contributed by atoms with van der Waals surface area (Å²) in [5.41, 5.74) is 1.75. The molecule has 5 rings (SSSR count). The second kappa shape index (κ2) is 6.96. The van der Waals surface area contributed by atoms with Crippen LogP contribution in [0.25, 0.3) is 10.9 Å². The van der Waals surface area contributed by atoms with Gasteiger partial charge in [0.05, 0.1) is 18.7 Å². The van der Waals surface area contributed by atoms with Crippen LogP contribution in [0.2, 0.25) is 0 Å². The summed E-state index contributed by atoms with van der Waals surface area (Å²) in [6.07, 6.45) is 3.16. The number of aliphatic hydroxyl groups excluding tert-OH is 1. The van der Waals surface area contributed by atoms with Gasteiger partial charge in [-0.2, -0.15) is 5.26 Å². The predicted octanol–water partition coefficient (Wildman–Crippen LogP) is 2.51. The summed E-state index contributed by atoms with van der Waals surface area (Å²) >= 11 is 0. The molecule has 26 heavy (non-hydrogen) atoms. The van der Waals surface area contributed by atoms with Gasteiger partial charge < -0.3 is 9.84 Å². The molecule has 4 heterocycles. The fourth-order valence-corrected chi connectivity index (χ4v) is 4.42. The number of rotatable bonds is 3. The van der Waals surface area contributed by atoms with Gasteiger partial charge in [0.15, 0.2) is 6.07 Å². The van der Waals surface area contributed by atoms with Crippen molar-refractivity contribution in [3.05, 3.63) is 36.0 Å². The van der Waals surface area contributed by atoms with E-state index in [0.717, 1.165) is 48.1 Å². The van der Waals surface area contributed by atoms with E-state index in [1.165, 1.54) is 0 Å². The number of aliphatic hydroxyl groups is 1. The van der Waals surface area contributed by atoms with Crippen molar-refractivity contribution in [3.8, 4) is 23.7 Å². The van der Waals surface area contributed by atoms with Crippen LogP contribution in [0, 0.1) is 35.0 Å². The molecule has 0 saturated carbocycles. The molecule has 3 saturated heterocycles. The number of nitriles is 1. The van der Waals surface area contributed by atoms with E-state index in [0.29, 0.717) is 5.92 Å². The Morgan fingerprint density at radius 2 is 2.27 bits per heavy atom. The first-order valence-corrected chi connectivity index (χ1v) is 8.95. The van der Waals surface area contributed by atoms with Gasteiger partial charge in [0, 0.05) is 36.0 Å². The smallest absolute Gasteiger partial charge is 0.152 e. The average Bonchev–Trinajstić information content (AvgIpc) is 2.71. The van der Waals surface area contributed by atoms with Crippen LogP contribution in [0.3, 0.4) is 0 Å². The topological polar surface area (TPSA) is 69.4 Å². The third-order valence-electron chi connectivity index (χ3n) is 5.78. The lowest BCUT2D eigenvalue weighted by Gasteiger charge is -2.50. The summed E-state index contributed by atoms with van der Waals surface area (Å²) in [5, 5.41) is 20.8. The van der Waals surface area contributed by atoms with E-state index < -0.39 is 6.10 Å². The number of fused-ring (bicyclic) bond motifs is 4. The minimum atomic E-state index is -0.583. The predicted molar refractivity (Wildman–Crippen MR) is 98.2 cm³/mol. The summed E-state index contributed by atoms with van der Waals surface area (Å²) < 4.78 is 5.34. The van der Waals surface area contributed by atoms with Crippen molar-refractivity contribution in [2.24, 2.45) is 11.8 Å². The molecule has 0 amide bonds. The van der Waals surface area contributed by atoms with Crippen molar-refractivity contribution in [3.63, 3.8) is 0 Å². The maximum absolute atomic E-state index is 11.2. The highest BCUT2D eigenvalue weighted by molar-refractivity contribution is 5.83. The van der Waals surface area contributed by atoms with Crippen LogP contribution in [0.5, 0.6) is 5.75 Å². The fourth-order valence-electron chi connectivity index (χ4n) is 4.42. The molecule has 1 aromatic heterocycles. The largest absolute Gasteiger partial charge is 0.497 e. The van der Waals surface area contributed by atoms with Gasteiger partial charge in [-0.05, 0) is 55.1 Å². The first-order chi connectivity index (χ1) is 12.7. The molecule has 0 aliphatic carbocycles. The molecule has 3 fully saturated rings. The summed E-state index contributed by atoms with van der Waals surface area (Å²) in [4.78, 5) is 6.74. The van der Waals surface area contributed by atoms with Gasteiger partial charge in [-0.3, -0.25) is 9.88 Å². The molecular weight excluding hydrogens is 326 g/mol. The van der Waals surface area contributed by atoms with Crippen LogP contribution in [0.15, 0.2) is 30.5 Å². The zero-order chi connectivity index (χ0) is 18.1. The number of ether oxygens (including phenoxy) is 1. The van der Waals surface area contributed by atoms with Crippen LogP contribution >= 0.6 is 0 Å². The highest BCUT2D eigenvalue weighted by Crippen LogP contribution is 2.41. The van der Waals surface area contributed by atoms with E-state index in [2.05, 4.69) is 21.7 Å². The first kappa shape index (κ1) is 16.8. The molecule has 132 valence electrons. The third-order valence-corrected chi connectivity index (χ3v) is 5.78. The first-order valence-electron chi connectivity index (χ1n) is 8.95. The number of nitrogens with zero attached hydrogens (tertiary/aromatic N) is 3. The van der Waals surface area contributed by atoms with Crippen molar-refractivity contribution in [1.29, 1.82) is 5.26 Å². The van der Waals surface area contributed by atoms with Crippen molar-refractivity contribution in [2.45, 2.75) is 25.0 Å². The van der Waals surface area contributed by atoms with Crippen LogP contribution in [-0.4, -0.2) is 41.2 Å². The molecular formula is C21H21N3O2. The summed E-state index contributed by atoms with van der Waals surface area (Å²) in [6, 6.07) is 9.65. The average molecular weight is 347 g/mol. The van der Waals surface area contributed by atoms with Crippen molar-refractivity contribution in [1.82, 2.24) is 9.88 Å². The molecule has 3 aliphatic heterocycles. The minimum Gasteiger partial charge on any atom is -0.497 e. The van der Waals surface area contributed by atoms with Crippen LogP contribution in [-0.2, 0) is 0 Å². The van der Waals surface area contributed by atoms with Gasteiger partial charge >= 0.3 is 0 Å². The summed E-state index contributed by atoms with van der Waals surface area (Å²) in [7, 11) is 1.64. The molecule has 3 aliphatic rings. The monoisotopic (exact) mass is 347 g/mol. The molecule has 1 aromatic carbocycles. The highest BCUT2D eigenvalue weighted by Gasteiger charge is 2.42. The van der Waals surface area contributed by atoms with Gasteiger partial charge in [-0.1, -0.05) is 5.92 Å². The summed E-state index contributed by atoms with van der Waals surface area (Å²) in [6.45, 7) is 1.80. The van der Waals surface area contributed by atoms with Crippen LogP contribution in [0.1, 0.15) is 24.5 Å². The SMILES string of the molecule is COc1ccc2nccc([C@H](O)[C@H]3C[C@@H]4CCN3C[C@@H]4C#CC#N)c2c1. The molecule has 1 N–H and O–H groups in total. The van der Waals surface area contributed by atoms with E-state index >= 15 is 0 Å². The van der Waals surface area contributed by atoms with Crippen molar-refractivity contribution in [2.75, 3.05) is 20.2 Å². The van der Waals surface area contributed by atoms with Gasteiger partial charge in [-0.15, -0.1) is 0 Å². The maximum atomic E-state index is 11.2. The number of piperidine rings is 3. The highest BCUT2D eigenvalue weighted by atomic mass is 16.5. The Morgan fingerprint density at radius 1 is 1.38 bits per heavy atom. The van der Waals surface area contributed by atoms with Gasteiger partial charge in [0.2, 0.25) is 0 Å². The molecule has 0 spiro atoms. The third kappa shape index (κ3) is 2.90. The number of hydrogen-bond acceptors (Lipinski definition) is 5.